The van der Waals surface area contributed by atoms with Crippen molar-refractivity contribution in [3.63, 3.8) is 0 Å². The molecule has 0 spiro atoms. The molecule has 7 heteroatoms. The van der Waals surface area contributed by atoms with E-state index >= 15 is 0 Å². The average Bonchev–Trinajstić information content (AvgIpc) is 2.90. The van der Waals surface area contributed by atoms with E-state index in [1.165, 1.54) is 11.6 Å². The standard InChI is InChI=1S/C27H25N5O2/c1-2-26(33)32-14-6-7-20(17-32)19-10-12-24-23(15-19)27(30-18-29-24)31-21-11-13-25(28-16-21)34-22-8-4-3-5-9-22/h2-5,8-13,15-16,18,20H,1,6-7,14,17H2,(H,29,30,31)/t20-/m0/s1. The number of likely N-dealkylation sites (tertiary alicyclic amines) is 1. The van der Waals surface area contributed by atoms with Crippen LogP contribution >= 0.6 is 0 Å². The van der Waals surface area contributed by atoms with Crippen LogP contribution in [-0.2, 0) is 4.79 Å². The van der Waals surface area contributed by atoms with Crippen LogP contribution in [0.2, 0.25) is 0 Å². The molecule has 1 saturated heterocycles. The number of ether oxygens (including phenoxy) is 1. The minimum Gasteiger partial charge on any atom is -0.439 e. The highest BCUT2D eigenvalue weighted by Gasteiger charge is 2.24. The van der Waals surface area contributed by atoms with Crippen molar-refractivity contribution in [3.05, 3.63) is 91.4 Å². The van der Waals surface area contributed by atoms with Gasteiger partial charge in [-0.15, -0.1) is 0 Å². The molecule has 1 fully saturated rings. The number of rotatable bonds is 6. The fourth-order valence-corrected chi connectivity index (χ4v) is 4.27. The molecule has 1 N–H and O–H groups in total. The summed E-state index contributed by atoms with van der Waals surface area (Å²) in [6.45, 7) is 5.10. The Balaban J connectivity index is 1.36. The first-order chi connectivity index (χ1) is 16.7. The number of piperidine rings is 1. The predicted octanol–water partition coefficient (Wildman–Crippen LogP) is 5.45. The van der Waals surface area contributed by atoms with Gasteiger partial charge in [-0.3, -0.25) is 4.79 Å². The summed E-state index contributed by atoms with van der Waals surface area (Å²) in [6.07, 6.45) is 6.67. The summed E-state index contributed by atoms with van der Waals surface area (Å²) in [5.41, 5.74) is 2.83. The maximum atomic E-state index is 12.1. The Bertz CT molecular complexity index is 1310. The number of hydrogen-bond acceptors (Lipinski definition) is 6. The first kappa shape index (κ1) is 21.6. The number of para-hydroxylation sites is 1. The molecule has 2 aromatic carbocycles. The first-order valence-corrected chi connectivity index (χ1v) is 11.3. The van der Waals surface area contributed by atoms with Gasteiger partial charge in [0, 0.05) is 30.5 Å². The van der Waals surface area contributed by atoms with Gasteiger partial charge in [-0.05, 0) is 54.8 Å². The molecule has 0 aliphatic carbocycles. The number of benzene rings is 2. The summed E-state index contributed by atoms with van der Waals surface area (Å²) in [5, 5.41) is 4.28. The van der Waals surface area contributed by atoms with Crippen molar-refractivity contribution >= 4 is 28.3 Å². The lowest BCUT2D eigenvalue weighted by molar-refractivity contribution is -0.127. The Labute approximate surface area is 198 Å². The van der Waals surface area contributed by atoms with E-state index in [9.17, 15) is 4.79 Å². The molecule has 7 nitrogen and oxygen atoms in total. The third-order valence-electron chi connectivity index (χ3n) is 6.00. The molecule has 34 heavy (non-hydrogen) atoms. The van der Waals surface area contributed by atoms with Crippen molar-refractivity contribution in [2.45, 2.75) is 18.8 Å². The van der Waals surface area contributed by atoms with Crippen LogP contribution in [0.5, 0.6) is 11.6 Å². The molecule has 0 radical (unpaired) electrons. The van der Waals surface area contributed by atoms with E-state index in [0.29, 0.717) is 18.2 Å². The Morgan fingerprint density at radius 3 is 2.76 bits per heavy atom. The van der Waals surface area contributed by atoms with Gasteiger partial charge in [-0.25, -0.2) is 15.0 Å². The van der Waals surface area contributed by atoms with Crippen LogP contribution in [0.25, 0.3) is 10.9 Å². The van der Waals surface area contributed by atoms with E-state index < -0.39 is 0 Å². The smallest absolute Gasteiger partial charge is 0.245 e. The molecule has 1 aliphatic heterocycles. The van der Waals surface area contributed by atoms with E-state index in [-0.39, 0.29) is 11.8 Å². The van der Waals surface area contributed by atoms with Crippen LogP contribution in [0.15, 0.2) is 85.8 Å². The van der Waals surface area contributed by atoms with Crippen molar-refractivity contribution < 1.29 is 9.53 Å². The monoisotopic (exact) mass is 451 g/mol. The number of nitrogens with one attached hydrogen (secondary N) is 1. The van der Waals surface area contributed by atoms with Crippen molar-refractivity contribution in [1.82, 2.24) is 19.9 Å². The second kappa shape index (κ2) is 9.70. The van der Waals surface area contributed by atoms with E-state index in [1.54, 1.807) is 12.5 Å². The van der Waals surface area contributed by atoms with Crippen LogP contribution < -0.4 is 10.1 Å². The van der Waals surface area contributed by atoms with Gasteiger partial charge in [-0.2, -0.15) is 0 Å². The van der Waals surface area contributed by atoms with Gasteiger partial charge in [0.25, 0.3) is 0 Å². The summed E-state index contributed by atoms with van der Waals surface area (Å²) in [5.74, 6) is 2.22. The summed E-state index contributed by atoms with van der Waals surface area (Å²) < 4.78 is 5.77. The lowest BCUT2D eigenvalue weighted by Gasteiger charge is -2.32. The maximum absolute atomic E-state index is 12.1. The number of anilines is 2. The van der Waals surface area contributed by atoms with Crippen molar-refractivity contribution in [1.29, 1.82) is 0 Å². The molecule has 3 heterocycles. The third-order valence-corrected chi connectivity index (χ3v) is 6.00. The van der Waals surface area contributed by atoms with Crippen LogP contribution in [0.4, 0.5) is 11.5 Å². The molecule has 0 saturated carbocycles. The molecular weight excluding hydrogens is 426 g/mol. The zero-order chi connectivity index (χ0) is 23.3. The maximum Gasteiger partial charge on any atom is 0.245 e. The van der Waals surface area contributed by atoms with E-state index in [2.05, 4.69) is 39.0 Å². The molecular formula is C27H25N5O2. The van der Waals surface area contributed by atoms with Gasteiger partial charge in [0.2, 0.25) is 11.8 Å². The van der Waals surface area contributed by atoms with Crippen LogP contribution in [0, 0.1) is 0 Å². The van der Waals surface area contributed by atoms with Crippen LogP contribution in [0.1, 0.15) is 24.3 Å². The minimum absolute atomic E-state index is 0.0108. The summed E-state index contributed by atoms with van der Waals surface area (Å²) in [4.78, 5) is 27.3. The lowest BCUT2D eigenvalue weighted by atomic mass is 9.90. The van der Waals surface area contributed by atoms with Gasteiger partial charge < -0.3 is 15.0 Å². The number of nitrogens with zero attached hydrogens (tertiary/aromatic N) is 4. The molecule has 1 amide bonds. The van der Waals surface area contributed by atoms with Crippen molar-refractivity contribution in [3.8, 4) is 11.6 Å². The van der Waals surface area contributed by atoms with Crippen molar-refractivity contribution in [2.24, 2.45) is 0 Å². The Morgan fingerprint density at radius 2 is 1.97 bits per heavy atom. The number of amides is 1. The Morgan fingerprint density at radius 1 is 1.09 bits per heavy atom. The second-order valence-electron chi connectivity index (χ2n) is 8.25. The highest BCUT2D eigenvalue weighted by Crippen LogP contribution is 2.31. The van der Waals surface area contributed by atoms with Crippen molar-refractivity contribution in [2.75, 3.05) is 18.4 Å². The minimum atomic E-state index is -0.0108. The fraction of sp³-hybridized carbons (Fsp3) is 0.185. The zero-order valence-corrected chi connectivity index (χ0v) is 18.7. The number of carbonyl (C=O) groups is 1. The third kappa shape index (κ3) is 4.73. The molecule has 0 unspecified atom stereocenters. The predicted molar refractivity (Wildman–Crippen MR) is 132 cm³/mol. The molecule has 1 aliphatic rings. The van der Waals surface area contributed by atoms with Gasteiger partial charge in [0.1, 0.15) is 17.9 Å². The normalized spacial score (nSPS) is 15.6. The molecule has 2 aromatic heterocycles. The van der Waals surface area contributed by atoms with E-state index in [1.807, 2.05) is 53.4 Å². The molecule has 4 aromatic rings. The van der Waals surface area contributed by atoms with E-state index in [0.717, 1.165) is 41.7 Å². The highest BCUT2D eigenvalue weighted by atomic mass is 16.5. The van der Waals surface area contributed by atoms with Gasteiger partial charge in [-0.1, -0.05) is 30.8 Å². The van der Waals surface area contributed by atoms with Crippen LogP contribution in [0.3, 0.4) is 0 Å². The molecule has 5 rings (SSSR count). The average molecular weight is 452 g/mol. The number of fused-ring (bicyclic) bond motifs is 1. The zero-order valence-electron chi connectivity index (χ0n) is 18.7. The molecule has 0 bridgehead atoms. The molecule has 1 atom stereocenters. The van der Waals surface area contributed by atoms with E-state index in [4.69, 9.17) is 4.74 Å². The number of carbonyl (C=O) groups excluding carboxylic acids is 1. The van der Waals surface area contributed by atoms with Gasteiger partial charge in [0.05, 0.1) is 17.4 Å². The Kier molecular flexibility index (Phi) is 6.16. The quantitative estimate of drug-likeness (QED) is 0.393. The fourth-order valence-electron chi connectivity index (χ4n) is 4.27. The summed E-state index contributed by atoms with van der Waals surface area (Å²) in [6, 6.07) is 19.5. The Hall–Kier alpha value is -4.26. The molecule has 170 valence electrons. The first-order valence-electron chi connectivity index (χ1n) is 11.3. The number of hydrogen-bond donors (Lipinski definition) is 1. The van der Waals surface area contributed by atoms with Gasteiger partial charge in [0.15, 0.2) is 0 Å². The number of aromatic nitrogens is 3. The summed E-state index contributed by atoms with van der Waals surface area (Å²) in [7, 11) is 0. The van der Waals surface area contributed by atoms with Crippen LogP contribution in [-0.4, -0.2) is 38.8 Å². The summed E-state index contributed by atoms with van der Waals surface area (Å²) >= 11 is 0. The number of pyridine rings is 1. The second-order valence-corrected chi connectivity index (χ2v) is 8.25. The highest BCUT2D eigenvalue weighted by molar-refractivity contribution is 5.91. The van der Waals surface area contributed by atoms with Gasteiger partial charge >= 0.3 is 0 Å². The SMILES string of the molecule is C=CC(=O)N1CCC[C@H](c2ccc3ncnc(Nc4ccc(Oc5ccccc5)nc4)c3c2)C1. The largest absolute Gasteiger partial charge is 0.439 e. The topological polar surface area (TPSA) is 80.2 Å². The lowest BCUT2D eigenvalue weighted by Crippen LogP contribution is -2.38.